The molecule has 17 heavy (non-hydrogen) atoms. The van der Waals surface area contributed by atoms with E-state index in [1.807, 2.05) is 0 Å². The molecule has 0 aromatic heterocycles. The first-order valence-electron chi connectivity index (χ1n) is 5.41. The van der Waals surface area contributed by atoms with E-state index in [2.05, 4.69) is 21.2 Å². The molecule has 1 aromatic carbocycles. The van der Waals surface area contributed by atoms with E-state index >= 15 is 0 Å². The zero-order valence-corrected chi connectivity index (χ0v) is 11.5. The average molecular weight is 308 g/mol. The zero-order valence-electron chi connectivity index (χ0n) is 9.90. The van der Waals surface area contributed by atoms with Gasteiger partial charge in [-0.15, -0.1) is 0 Å². The Morgan fingerprint density at radius 1 is 1.41 bits per heavy atom. The molecular formula is C12H16BrF2NO. The van der Waals surface area contributed by atoms with Crippen molar-refractivity contribution in [1.29, 1.82) is 0 Å². The molecule has 0 fully saturated rings. The van der Waals surface area contributed by atoms with Gasteiger partial charge in [0.05, 0.1) is 4.47 Å². The number of halogens is 3. The number of ether oxygens (including phenoxy) is 1. The van der Waals surface area contributed by atoms with Crippen LogP contribution in [0, 0.1) is 11.6 Å². The van der Waals surface area contributed by atoms with Gasteiger partial charge < -0.3 is 10.1 Å². The Balaban J connectivity index is 2.91. The highest BCUT2D eigenvalue weighted by atomic mass is 79.9. The molecule has 2 nitrogen and oxygen atoms in total. The van der Waals surface area contributed by atoms with Crippen molar-refractivity contribution in [3.63, 3.8) is 0 Å². The van der Waals surface area contributed by atoms with Gasteiger partial charge in [0.25, 0.3) is 0 Å². The average Bonchev–Trinajstić information content (AvgIpc) is 2.32. The Bertz CT molecular complexity index is 374. The molecule has 0 radical (unpaired) electrons. The highest BCUT2D eigenvalue weighted by Crippen LogP contribution is 2.28. The van der Waals surface area contributed by atoms with Crippen LogP contribution < -0.4 is 5.32 Å². The van der Waals surface area contributed by atoms with Crippen molar-refractivity contribution >= 4 is 15.9 Å². The van der Waals surface area contributed by atoms with E-state index in [1.165, 1.54) is 12.1 Å². The fraction of sp³-hybridized carbons (Fsp3) is 0.500. The second-order valence-corrected chi connectivity index (χ2v) is 4.59. The first-order valence-corrected chi connectivity index (χ1v) is 6.20. The maximum atomic E-state index is 13.9. The quantitative estimate of drug-likeness (QED) is 0.642. The lowest BCUT2D eigenvalue weighted by Gasteiger charge is -2.18. The zero-order chi connectivity index (χ0) is 12.8. The Kier molecular flexibility index (Phi) is 6.02. The smallest absolute Gasteiger partial charge is 0.145 e. The molecule has 1 rings (SSSR count). The molecule has 1 aromatic rings. The second kappa shape index (κ2) is 7.03. The summed E-state index contributed by atoms with van der Waals surface area (Å²) in [6.45, 7) is 0.579. The highest BCUT2D eigenvalue weighted by Gasteiger charge is 2.20. The monoisotopic (exact) mass is 307 g/mol. The standard InChI is InChI=1S/C12H16BrF2NO/c1-16-10(4-3-7-17-2)11-9(14)6-5-8(13)12(11)15/h5-6,10,16H,3-4,7H2,1-2H3. The summed E-state index contributed by atoms with van der Waals surface area (Å²) in [5.74, 6) is -1.07. The molecule has 5 heteroatoms. The van der Waals surface area contributed by atoms with Gasteiger partial charge in [0.15, 0.2) is 0 Å². The lowest BCUT2D eigenvalue weighted by Crippen LogP contribution is -2.20. The molecule has 0 spiro atoms. The molecule has 96 valence electrons. The number of nitrogens with one attached hydrogen (secondary N) is 1. The van der Waals surface area contributed by atoms with Crippen molar-refractivity contribution in [2.75, 3.05) is 20.8 Å². The molecule has 1 unspecified atom stereocenters. The molecule has 0 aliphatic heterocycles. The predicted octanol–water partition coefficient (Wildman–Crippen LogP) is 3.41. The maximum absolute atomic E-state index is 13.9. The molecule has 0 saturated carbocycles. The van der Waals surface area contributed by atoms with E-state index < -0.39 is 11.6 Å². The second-order valence-electron chi connectivity index (χ2n) is 3.73. The molecule has 0 bridgehead atoms. The van der Waals surface area contributed by atoms with Crippen LogP contribution in [0.5, 0.6) is 0 Å². The van der Waals surface area contributed by atoms with Crippen LogP contribution in [0.15, 0.2) is 16.6 Å². The summed E-state index contributed by atoms with van der Waals surface area (Å²) < 4.78 is 32.7. The van der Waals surface area contributed by atoms with Gasteiger partial charge in [0.1, 0.15) is 11.6 Å². The minimum atomic E-state index is -0.540. The fourth-order valence-corrected chi connectivity index (χ4v) is 2.07. The van der Waals surface area contributed by atoms with Crippen LogP contribution in [0.25, 0.3) is 0 Å². The van der Waals surface area contributed by atoms with Gasteiger partial charge in [-0.2, -0.15) is 0 Å². The first-order chi connectivity index (χ1) is 8.11. The van der Waals surface area contributed by atoms with Crippen molar-refractivity contribution in [3.8, 4) is 0 Å². The number of benzene rings is 1. The molecule has 1 N–H and O–H groups in total. The Labute approximate surface area is 108 Å². The number of rotatable bonds is 6. The van der Waals surface area contributed by atoms with Crippen molar-refractivity contribution in [2.24, 2.45) is 0 Å². The molecule has 1 atom stereocenters. The van der Waals surface area contributed by atoms with Crippen molar-refractivity contribution in [1.82, 2.24) is 5.32 Å². The minimum Gasteiger partial charge on any atom is -0.385 e. The van der Waals surface area contributed by atoms with Crippen LogP contribution in [-0.2, 0) is 4.74 Å². The fourth-order valence-electron chi connectivity index (χ4n) is 1.73. The van der Waals surface area contributed by atoms with E-state index in [0.29, 0.717) is 13.0 Å². The maximum Gasteiger partial charge on any atom is 0.145 e. The van der Waals surface area contributed by atoms with Gasteiger partial charge in [-0.05, 0) is 48.0 Å². The van der Waals surface area contributed by atoms with Crippen molar-refractivity contribution in [3.05, 3.63) is 33.8 Å². The molecule has 0 aliphatic rings. The van der Waals surface area contributed by atoms with E-state index in [1.54, 1.807) is 14.2 Å². The summed E-state index contributed by atoms with van der Waals surface area (Å²) in [4.78, 5) is 0. The molecule has 0 aliphatic carbocycles. The Morgan fingerprint density at radius 3 is 2.71 bits per heavy atom. The van der Waals surface area contributed by atoms with E-state index in [0.717, 1.165) is 6.42 Å². The van der Waals surface area contributed by atoms with E-state index in [-0.39, 0.29) is 16.1 Å². The summed E-state index contributed by atoms with van der Waals surface area (Å²) in [6, 6.07) is 2.29. The third-order valence-corrected chi connectivity index (χ3v) is 3.23. The summed E-state index contributed by atoms with van der Waals surface area (Å²) >= 11 is 3.07. The Hall–Kier alpha value is -0.520. The van der Waals surface area contributed by atoms with Gasteiger partial charge in [0, 0.05) is 25.3 Å². The van der Waals surface area contributed by atoms with Crippen LogP contribution in [0.4, 0.5) is 8.78 Å². The number of hydrogen-bond acceptors (Lipinski definition) is 2. The summed E-state index contributed by atoms with van der Waals surface area (Å²) in [5, 5.41) is 2.93. The van der Waals surface area contributed by atoms with Gasteiger partial charge >= 0.3 is 0 Å². The first kappa shape index (κ1) is 14.5. The summed E-state index contributed by atoms with van der Waals surface area (Å²) in [5.41, 5.74) is 0.0815. The molecule has 0 amide bonds. The lowest BCUT2D eigenvalue weighted by molar-refractivity contribution is 0.188. The van der Waals surface area contributed by atoms with Crippen molar-refractivity contribution in [2.45, 2.75) is 18.9 Å². The molecular weight excluding hydrogens is 292 g/mol. The lowest BCUT2D eigenvalue weighted by atomic mass is 10.0. The van der Waals surface area contributed by atoms with Crippen molar-refractivity contribution < 1.29 is 13.5 Å². The Morgan fingerprint density at radius 2 is 2.12 bits per heavy atom. The van der Waals surface area contributed by atoms with Gasteiger partial charge in [0.2, 0.25) is 0 Å². The SMILES string of the molecule is CNC(CCCOC)c1c(F)ccc(Br)c1F. The van der Waals surface area contributed by atoms with E-state index in [4.69, 9.17) is 4.74 Å². The summed E-state index contributed by atoms with van der Waals surface area (Å²) in [6.07, 6.45) is 1.36. The van der Waals surface area contributed by atoms with Gasteiger partial charge in [-0.25, -0.2) is 8.78 Å². The van der Waals surface area contributed by atoms with Gasteiger partial charge in [-0.1, -0.05) is 0 Å². The molecule has 0 saturated heterocycles. The third-order valence-electron chi connectivity index (χ3n) is 2.62. The number of hydrogen-bond donors (Lipinski definition) is 1. The van der Waals surface area contributed by atoms with Crippen LogP contribution in [-0.4, -0.2) is 20.8 Å². The van der Waals surface area contributed by atoms with E-state index in [9.17, 15) is 8.78 Å². The predicted molar refractivity (Wildman–Crippen MR) is 67.0 cm³/mol. The van der Waals surface area contributed by atoms with Crippen LogP contribution in [0.2, 0.25) is 0 Å². The van der Waals surface area contributed by atoms with Crippen LogP contribution >= 0.6 is 15.9 Å². The topological polar surface area (TPSA) is 21.3 Å². The number of methoxy groups -OCH3 is 1. The third kappa shape index (κ3) is 3.72. The normalized spacial score (nSPS) is 12.8. The largest absolute Gasteiger partial charge is 0.385 e. The molecule has 0 heterocycles. The summed E-state index contributed by atoms with van der Waals surface area (Å²) in [7, 11) is 3.30. The minimum absolute atomic E-state index is 0.0815. The van der Waals surface area contributed by atoms with Gasteiger partial charge in [-0.3, -0.25) is 0 Å². The van der Waals surface area contributed by atoms with Crippen LogP contribution in [0.3, 0.4) is 0 Å². The highest BCUT2D eigenvalue weighted by molar-refractivity contribution is 9.10. The van der Waals surface area contributed by atoms with Crippen LogP contribution in [0.1, 0.15) is 24.4 Å².